The van der Waals surface area contributed by atoms with Crippen molar-refractivity contribution in [2.45, 2.75) is 5.92 Å². The standard InChI is InChI=1S/C9H12N2S.ClH/c1-2-12-9-7-5-10-3-6(7)4-11-8(1)9;/h1-2,6-7,10-11H,3-5H2;1H/t6-,7+;/m1./s1. The summed E-state index contributed by atoms with van der Waals surface area (Å²) in [5.41, 5.74) is 1.38. The van der Waals surface area contributed by atoms with E-state index in [9.17, 15) is 0 Å². The third-order valence-corrected chi connectivity index (χ3v) is 3.98. The van der Waals surface area contributed by atoms with Crippen LogP contribution >= 0.6 is 23.7 Å². The largest absolute Gasteiger partial charge is 0.384 e. The minimum Gasteiger partial charge on any atom is -0.384 e. The summed E-state index contributed by atoms with van der Waals surface area (Å²) in [6.45, 7) is 3.52. The van der Waals surface area contributed by atoms with Gasteiger partial charge in [-0.1, -0.05) is 0 Å². The third kappa shape index (κ3) is 1.35. The Morgan fingerprint density at radius 3 is 3.15 bits per heavy atom. The Morgan fingerprint density at radius 2 is 2.23 bits per heavy atom. The van der Waals surface area contributed by atoms with Crippen LogP contribution in [0.3, 0.4) is 0 Å². The monoisotopic (exact) mass is 216 g/mol. The lowest BCUT2D eigenvalue weighted by Crippen LogP contribution is -2.25. The van der Waals surface area contributed by atoms with E-state index in [4.69, 9.17) is 0 Å². The molecule has 3 heterocycles. The summed E-state index contributed by atoms with van der Waals surface area (Å²) in [4.78, 5) is 1.57. The van der Waals surface area contributed by atoms with Gasteiger partial charge in [0.15, 0.2) is 0 Å². The van der Waals surface area contributed by atoms with E-state index >= 15 is 0 Å². The Labute approximate surface area is 88.1 Å². The van der Waals surface area contributed by atoms with Crippen molar-refractivity contribution in [2.75, 3.05) is 25.0 Å². The van der Waals surface area contributed by atoms with Crippen molar-refractivity contribution in [3.8, 4) is 0 Å². The zero-order valence-electron chi connectivity index (χ0n) is 7.25. The SMILES string of the molecule is Cl.c1cc2c(s1)[C@H]1CNC[C@@H]1CN2. The van der Waals surface area contributed by atoms with Crippen LogP contribution in [0, 0.1) is 5.92 Å². The summed E-state index contributed by atoms with van der Waals surface area (Å²) in [5.74, 6) is 1.62. The zero-order valence-corrected chi connectivity index (χ0v) is 8.88. The summed E-state index contributed by atoms with van der Waals surface area (Å²) < 4.78 is 0. The van der Waals surface area contributed by atoms with Gasteiger partial charge in [0.1, 0.15) is 0 Å². The summed E-state index contributed by atoms with van der Waals surface area (Å²) in [7, 11) is 0. The summed E-state index contributed by atoms with van der Waals surface area (Å²) in [5, 5.41) is 9.14. The topological polar surface area (TPSA) is 24.1 Å². The molecule has 3 rings (SSSR count). The predicted molar refractivity (Wildman–Crippen MR) is 59.2 cm³/mol. The molecule has 0 saturated carbocycles. The van der Waals surface area contributed by atoms with E-state index < -0.39 is 0 Å². The molecule has 0 aromatic carbocycles. The zero-order chi connectivity index (χ0) is 7.97. The first kappa shape index (κ1) is 9.31. The van der Waals surface area contributed by atoms with Crippen molar-refractivity contribution in [2.24, 2.45) is 5.92 Å². The Balaban J connectivity index is 0.000000653. The average Bonchev–Trinajstić information content (AvgIpc) is 2.71. The van der Waals surface area contributed by atoms with Gasteiger partial charge in [-0.15, -0.1) is 23.7 Å². The first-order chi connectivity index (χ1) is 5.95. The van der Waals surface area contributed by atoms with Gasteiger partial charge in [-0.25, -0.2) is 0 Å². The number of halogens is 1. The van der Waals surface area contributed by atoms with Gasteiger partial charge in [-0.2, -0.15) is 0 Å². The highest BCUT2D eigenvalue weighted by Crippen LogP contribution is 2.40. The number of anilines is 1. The normalized spacial score (nSPS) is 29.8. The summed E-state index contributed by atoms with van der Waals surface area (Å²) >= 11 is 1.90. The van der Waals surface area contributed by atoms with Crippen LogP contribution in [0.4, 0.5) is 5.69 Å². The van der Waals surface area contributed by atoms with Crippen molar-refractivity contribution in [3.63, 3.8) is 0 Å². The van der Waals surface area contributed by atoms with Crippen LogP contribution < -0.4 is 10.6 Å². The van der Waals surface area contributed by atoms with Crippen LogP contribution in [0.15, 0.2) is 11.4 Å². The molecule has 2 aliphatic rings. The lowest BCUT2D eigenvalue weighted by molar-refractivity contribution is 0.537. The Kier molecular flexibility index (Phi) is 2.49. The molecule has 0 amide bonds. The van der Waals surface area contributed by atoms with Crippen molar-refractivity contribution in [1.29, 1.82) is 0 Å². The molecule has 13 heavy (non-hydrogen) atoms. The van der Waals surface area contributed by atoms with Crippen LogP contribution in [0.1, 0.15) is 10.8 Å². The second-order valence-corrected chi connectivity index (χ2v) is 4.55. The molecule has 0 spiro atoms. The molecule has 72 valence electrons. The van der Waals surface area contributed by atoms with Crippen LogP contribution in [0.25, 0.3) is 0 Å². The van der Waals surface area contributed by atoms with Crippen molar-refractivity contribution in [3.05, 3.63) is 16.3 Å². The van der Waals surface area contributed by atoms with E-state index in [0.29, 0.717) is 0 Å². The minimum atomic E-state index is 0. The fourth-order valence-electron chi connectivity index (χ4n) is 2.25. The number of hydrogen-bond donors (Lipinski definition) is 2. The van der Waals surface area contributed by atoms with Crippen molar-refractivity contribution >= 4 is 29.4 Å². The Bertz CT molecular complexity index is 300. The highest BCUT2D eigenvalue weighted by molar-refractivity contribution is 7.10. The molecule has 0 radical (unpaired) electrons. The molecule has 1 saturated heterocycles. The number of hydrogen-bond acceptors (Lipinski definition) is 3. The third-order valence-electron chi connectivity index (χ3n) is 2.93. The maximum Gasteiger partial charge on any atom is 0.0485 e. The lowest BCUT2D eigenvalue weighted by Gasteiger charge is -2.25. The second-order valence-electron chi connectivity index (χ2n) is 3.60. The molecular formula is C9H13ClN2S. The van der Waals surface area contributed by atoms with Gasteiger partial charge >= 0.3 is 0 Å². The van der Waals surface area contributed by atoms with Gasteiger partial charge in [0.05, 0.1) is 0 Å². The van der Waals surface area contributed by atoms with Gasteiger partial charge in [0.2, 0.25) is 0 Å². The van der Waals surface area contributed by atoms with Gasteiger partial charge in [-0.3, -0.25) is 0 Å². The molecule has 1 aromatic heterocycles. The molecule has 4 heteroatoms. The molecule has 1 aromatic rings. The van der Waals surface area contributed by atoms with Crippen LogP contribution in [0.2, 0.25) is 0 Å². The first-order valence-electron chi connectivity index (χ1n) is 4.47. The van der Waals surface area contributed by atoms with E-state index in [1.807, 2.05) is 11.3 Å². The van der Waals surface area contributed by atoms with E-state index in [1.54, 1.807) is 4.88 Å². The van der Waals surface area contributed by atoms with E-state index in [0.717, 1.165) is 18.4 Å². The fraction of sp³-hybridized carbons (Fsp3) is 0.556. The second kappa shape index (κ2) is 3.48. The van der Waals surface area contributed by atoms with Gasteiger partial charge < -0.3 is 10.6 Å². The van der Waals surface area contributed by atoms with Crippen molar-refractivity contribution < 1.29 is 0 Å². The van der Waals surface area contributed by atoms with Gasteiger partial charge in [0, 0.05) is 36.1 Å². The van der Waals surface area contributed by atoms with E-state index in [1.165, 1.54) is 18.8 Å². The molecular weight excluding hydrogens is 204 g/mol. The highest BCUT2D eigenvalue weighted by atomic mass is 35.5. The average molecular weight is 217 g/mol. The molecule has 1 fully saturated rings. The molecule has 0 aliphatic carbocycles. The molecule has 2 aliphatic heterocycles. The maximum absolute atomic E-state index is 3.48. The predicted octanol–water partition coefficient (Wildman–Crippen LogP) is 1.90. The number of rotatable bonds is 0. The van der Waals surface area contributed by atoms with Gasteiger partial charge in [-0.05, 0) is 17.4 Å². The summed E-state index contributed by atoms with van der Waals surface area (Å²) in [6.07, 6.45) is 0. The van der Waals surface area contributed by atoms with Gasteiger partial charge in [0.25, 0.3) is 0 Å². The van der Waals surface area contributed by atoms with Crippen LogP contribution in [-0.2, 0) is 0 Å². The number of nitrogens with one attached hydrogen (secondary N) is 2. The minimum absolute atomic E-state index is 0. The Hall–Kier alpha value is -0.250. The number of fused-ring (bicyclic) bond motifs is 3. The Morgan fingerprint density at radius 1 is 1.31 bits per heavy atom. The number of thiophene rings is 1. The fourth-order valence-corrected chi connectivity index (χ4v) is 3.32. The molecule has 0 bridgehead atoms. The highest BCUT2D eigenvalue weighted by Gasteiger charge is 2.33. The van der Waals surface area contributed by atoms with Crippen LogP contribution in [0.5, 0.6) is 0 Å². The molecule has 0 unspecified atom stereocenters. The molecule has 2 atom stereocenters. The molecule has 2 N–H and O–H groups in total. The lowest BCUT2D eigenvalue weighted by atomic mass is 9.91. The van der Waals surface area contributed by atoms with E-state index in [-0.39, 0.29) is 12.4 Å². The van der Waals surface area contributed by atoms with Crippen molar-refractivity contribution in [1.82, 2.24) is 5.32 Å². The quantitative estimate of drug-likeness (QED) is 0.692. The van der Waals surface area contributed by atoms with E-state index in [2.05, 4.69) is 22.1 Å². The maximum atomic E-state index is 3.48. The molecule has 2 nitrogen and oxygen atoms in total. The first-order valence-corrected chi connectivity index (χ1v) is 5.35. The summed E-state index contributed by atoms with van der Waals surface area (Å²) in [6, 6.07) is 2.20. The van der Waals surface area contributed by atoms with Crippen LogP contribution in [-0.4, -0.2) is 19.6 Å². The smallest absolute Gasteiger partial charge is 0.0485 e.